The molecule has 272 valence electrons. The molecule has 0 aromatic heterocycles. The summed E-state index contributed by atoms with van der Waals surface area (Å²) in [5.41, 5.74) is 3.70. The molecule has 0 spiro atoms. The standard InChI is InChI=1S/C31H59N7O9/c1-28(2,3)45-25(42)36-19-16-33-22(39)10-13-31(32,14-11-23(40)34-17-20-37-26(43)46-29(4,5)6)15-12-24(41)35-18-21-38-27(44)47-30(7,8)9/h10-21,32H2,1-9H3,(H,33,39)(H,34,40)(H,35,41)(H,36,42)(H,37,43)(H,38,44). The van der Waals surface area contributed by atoms with Crippen LogP contribution >= 0.6 is 0 Å². The molecule has 6 amide bonds. The largest absolute Gasteiger partial charge is 0.444 e. The van der Waals surface area contributed by atoms with Gasteiger partial charge in [-0.25, -0.2) is 14.4 Å². The van der Waals surface area contributed by atoms with E-state index in [0.717, 1.165) is 0 Å². The fourth-order valence-electron chi connectivity index (χ4n) is 3.77. The fourth-order valence-corrected chi connectivity index (χ4v) is 3.77. The molecule has 0 aromatic rings. The second-order valence-corrected chi connectivity index (χ2v) is 14.2. The summed E-state index contributed by atoms with van der Waals surface area (Å²) in [5.74, 6) is -0.913. The summed E-state index contributed by atoms with van der Waals surface area (Å²) in [4.78, 5) is 72.8. The van der Waals surface area contributed by atoms with E-state index in [2.05, 4.69) is 31.9 Å². The monoisotopic (exact) mass is 673 g/mol. The van der Waals surface area contributed by atoms with Crippen molar-refractivity contribution in [1.82, 2.24) is 31.9 Å². The maximum Gasteiger partial charge on any atom is 0.407 e. The first-order valence-electron chi connectivity index (χ1n) is 16.0. The predicted octanol–water partition coefficient (Wildman–Crippen LogP) is 1.95. The molecule has 0 aliphatic carbocycles. The van der Waals surface area contributed by atoms with Gasteiger partial charge in [-0.2, -0.15) is 0 Å². The van der Waals surface area contributed by atoms with Crippen molar-refractivity contribution < 1.29 is 43.0 Å². The lowest BCUT2D eigenvalue weighted by Gasteiger charge is -2.29. The summed E-state index contributed by atoms with van der Waals surface area (Å²) in [6.45, 7) is 16.7. The maximum absolute atomic E-state index is 12.5. The van der Waals surface area contributed by atoms with E-state index in [1.165, 1.54) is 0 Å². The van der Waals surface area contributed by atoms with Crippen LogP contribution < -0.4 is 37.6 Å². The number of nitrogens with one attached hydrogen (secondary N) is 6. The van der Waals surface area contributed by atoms with Gasteiger partial charge in [0.1, 0.15) is 16.8 Å². The van der Waals surface area contributed by atoms with Crippen LogP contribution in [0, 0.1) is 0 Å². The Morgan fingerprint density at radius 1 is 0.426 bits per heavy atom. The minimum atomic E-state index is -1.02. The maximum atomic E-state index is 12.5. The topological polar surface area (TPSA) is 228 Å². The Bertz CT molecular complexity index is 905. The van der Waals surface area contributed by atoms with Crippen LogP contribution in [0.4, 0.5) is 14.4 Å². The van der Waals surface area contributed by atoms with Gasteiger partial charge in [0.25, 0.3) is 0 Å². The molecule has 0 atom stereocenters. The Hall–Kier alpha value is -3.82. The van der Waals surface area contributed by atoms with Gasteiger partial charge in [0, 0.05) is 64.1 Å². The number of rotatable bonds is 18. The Morgan fingerprint density at radius 2 is 0.638 bits per heavy atom. The lowest BCUT2D eigenvalue weighted by Crippen LogP contribution is -2.44. The molecule has 47 heavy (non-hydrogen) atoms. The first-order chi connectivity index (χ1) is 21.5. The Balaban J connectivity index is 4.88. The van der Waals surface area contributed by atoms with Gasteiger partial charge in [0.05, 0.1) is 0 Å². The van der Waals surface area contributed by atoms with Crippen molar-refractivity contribution in [3.63, 3.8) is 0 Å². The van der Waals surface area contributed by atoms with Crippen molar-refractivity contribution in [2.75, 3.05) is 39.3 Å². The highest BCUT2D eigenvalue weighted by atomic mass is 16.6. The number of ether oxygens (including phenoxy) is 3. The summed E-state index contributed by atoms with van der Waals surface area (Å²) in [5, 5.41) is 15.8. The highest BCUT2D eigenvalue weighted by Crippen LogP contribution is 2.23. The van der Waals surface area contributed by atoms with Crippen LogP contribution in [0.15, 0.2) is 0 Å². The number of amides is 6. The van der Waals surface area contributed by atoms with Crippen LogP contribution in [0.1, 0.15) is 101 Å². The first-order valence-corrected chi connectivity index (χ1v) is 16.0. The van der Waals surface area contributed by atoms with Gasteiger partial charge in [-0.1, -0.05) is 0 Å². The quantitative estimate of drug-likeness (QED) is 0.0826. The van der Waals surface area contributed by atoms with Gasteiger partial charge in [0.15, 0.2) is 0 Å². The van der Waals surface area contributed by atoms with Gasteiger partial charge < -0.3 is 51.8 Å². The van der Waals surface area contributed by atoms with E-state index in [9.17, 15) is 28.8 Å². The molecule has 0 saturated carbocycles. The summed E-state index contributed by atoms with van der Waals surface area (Å²) < 4.78 is 15.5. The van der Waals surface area contributed by atoms with Crippen LogP contribution in [-0.2, 0) is 28.6 Å². The second kappa shape index (κ2) is 20.4. The molecule has 8 N–H and O–H groups in total. The number of hydrogen-bond donors (Lipinski definition) is 7. The number of alkyl carbamates (subject to hydrolysis) is 3. The summed E-state index contributed by atoms with van der Waals surface area (Å²) >= 11 is 0. The average Bonchev–Trinajstić information content (AvgIpc) is 2.90. The fraction of sp³-hybridized carbons (Fsp3) is 0.806. The van der Waals surface area contributed by atoms with E-state index < -0.39 is 40.6 Å². The summed E-state index contributed by atoms with van der Waals surface area (Å²) in [6, 6.07) is 0. The van der Waals surface area contributed by atoms with Crippen LogP contribution in [0.25, 0.3) is 0 Å². The molecular formula is C31H59N7O9. The Morgan fingerprint density at radius 3 is 0.851 bits per heavy atom. The van der Waals surface area contributed by atoms with Crippen molar-refractivity contribution in [2.45, 2.75) is 123 Å². The van der Waals surface area contributed by atoms with E-state index in [1.54, 1.807) is 62.3 Å². The first kappa shape index (κ1) is 43.2. The zero-order valence-electron chi connectivity index (χ0n) is 29.7. The SMILES string of the molecule is CC(C)(C)OC(=O)NCCNC(=O)CCC(N)(CCC(=O)NCCNC(=O)OC(C)(C)C)CCC(=O)NCCNC(=O)OC(C)(C)C. The van der Waals surface area contributed by atoms with Crippen molar-refractivity contribution in [1.29, 1.82) is 0 Å². The molecule has 0 fully saturated rings. The van der Waals surface area contributed by atoms with Gasteiger partial charge in [-0.15, -0.1) is 0 Å². The highest BCUT2D eigenvalue weighted by Gasteiger charge is 2.28. The Kier molecular flexibility index (Phi) is 18.8. The number of hydrogen-bond acceptors (Lipinski definition) is 10. The summed E-state index contributed by atoms with van der Waals surface area (Å²) in [7, 11) is 0. The van der Waals surface area contributed by atoms with E-state index in [0.29, 0.717) is 0 Å². The lowest BCUT2D eigenvalue weighted by molar-refractivity contribution is -0.121. The molecule has 0 rings (SSSR count). The number of carbonyl (C=O) groups is 6. The molecule has 0 aromatic carbocycles. The molecule has 0 aliphatic rings. The van der Waals surface area contributed by atoms with E-state index in [4.69, 9.17) is 19.9 Å². The van der Waals surface area contributed by atoms with Crippen molar-refractivity contribution in [2.24, 2.45) is 5.73 Å². The Labute approximate surface area is 279 Å². The van der Waals surface area contributed by atoms with Crippen molar-refractivity contribution >= 4 is 36.0 Å². The average molecular weight is 674 g/mol. The molecule has 0 heterocycles. The van der Waals surface area contributed by atoms with Crippen LogP contribution in [0.2, 0.25) is 0 Å². The van der Waals surface area contributed by atoms with E-state index >= 15 is 0 Å². The van der Waals surface area contributed by atoms with Gasteiger partial charge in [0.2, 0.25) is 17.7 Å². The molecule has 0 unspecified atom stereocenters. The zero-order valence-corrected chi connectivity index (χ0v) is 29.7. The van der Waals surface area contributed by atoms with Gasteiger partial charge >= 0.3 is 18.3 Å². The molecular weight excluding hydrogens is 614 g/mol. The molecule has 0 bridgehead atoms. The normalized spacial score (nSPS) is 11.9. The third kappa shape index (κ3) is 27.0. The predicted molar refractivity (Wildman–Crippen MR) is 176 cm³/mol. The van der Waals surface area contributed by atoms with Crippen molar-refractivity contribution in [3.8, 4) is 0 Å². The zero-order chi connectivity index (χ0) is 36.3. The smallest absolute Gasteiger partial charge is 0.407 e. The minimum absolute atomic E-state index is 0.0335. The van der Waals surface area contributed by atoms with E-state index in [-0.39, 0.29) is 95.5 Å². The molecule has 16 nitrogen and oxygen atoms in total. The molecule has 0 aliphatic heterocycles. The van der Waals surface area contributed by atoms with Gasteiger partial charge in [-0.3, -0.25) is 14.4 Å². The third-order valence-corrected chi connectivity index (χ3v) is 5.90. The van der Waals surface area contributed by atoms with Crippen LogP contribution in [0.3, 0.4) is 0 Å². The van der Waals surface area contributed by atoms with E-state index in [1.807, 2.05) is 0 Å². The lowest BCUT2D eigenvalue weighted by atomic mass is 9.84. The number of nitrogens with two attached hydrogens (primary N) is 1. The summed E-state index contributed by atoms with van der Waals surface area (Å²) in [6.07, 6.45) is -1.09. The minimum Gasteiger partial charge on any atom is -0.444 e. The highest BCUT2D eigenvalue weighted by molar-refractivity contribution is 5.78. The second-order valence-electron chi connectivity index (χ2n) is 14.2. The van der Waals surface area contributed by atoms with Crippen LogP contribution in [0.5, 0.6) is 0 Å². The molecule has 0 saturated heterocycles. The van der Waals surface area contributed by atoms with Crippen molar-refractivity contribution in [3.05, 3.63) is 0 Å². The van der Waals surface area contributed by atoms with Gasteiger partial charge in [-0.05, 0) is 81.6 Å². The number of carbonyl (C=O) groups excluding carboxylic acids is 6. The third-order valence-electron chi connectivity index (χ3n) is 5.90. The molecule has 16 heteroatoms. The molecule has 0 radical (unpaired) electrons. The van der Waals surface area contributed by atoms with Crippen LogP contribution in [-0.4, -0.2) is 97.6 Å².